The van der Waals surface area contributed by atoms with Gasteiger partial charge in [-0.05, 0) is 50.3 Å². The lowest BCUT2D eigenvalue weighted by Gasteiger charge is -2.37. The number of nitrogens with zero attached hydrogens (tertiary/aromatic N) is 1. The molecule has 1 aromatic carbocycles. The lowest BCUT2D eigenvalue weighted by molar-refractivity contribution is 0.0349. The van der Waals surface area contributed by atoms with Crippen LogP contribution in [0.4, 0.5) is 14.5 Å². The van der Waals surface area contributed by atoms with E-state index < -0.39 is 17.2 Å². The molecule has 0 spiro atoms. The molecule has 1 aliphatic heterocycles. The molecule has 0 atom stereocenters. The zero-order valence-electron chi connectivity index (χ0n) is 12.3. The molecule has 3 rings (SSSR count). The van der Waals surface area contributed by atoms with Crippen molar-refractivity contribution in [1.29, 1.82) is 0 Å². The van der Waals surface area contributed by atoms with Gasteiger partial charge in [-0.15, -0.1) is 0 Å². The Kier molecular flexibility index (Phi) is 3.88. The van der Waals surface area contributed by atoms with Crippen LogP contribution in [0, 0.1) is 11.6 Å². The number of halogens is 2. The Balaban J connectivity index is 1.72. The highest BCUT2D eigenvalue weighted by Crippen LogP contribution is 2.30. The van der Waals surface area contributed by atoms with Gasteiger partial charge >= 0.3 is 0 Å². The van der Waals surface area contributed by atoms with Crippen LogP contribution >= 0.6 is 0 Å². The summed E-state index contributed by atoms with van der Waals surface area (Å²) in [6.45, 7) is 3.22. The lowest BCUT2D eigenvalue weighted by Crippen LogP contribution is -2.43. The second-order valence-corrected chi connectivity index (χ2v) is 6.55. The Morgan fingerprint density at radius 3 is 2.33 bits per heavy atom. The maximum Gasteiger partial charge on any atom is 0.149 e. The maximum absolute atomic E-state index is 14.3. The highest BCUT2D eigenvalue weighted by Gasteiger charge is 2.30. The average Bonchev–Trinajstić information content (AvgIpc) is 3.21. The van der Waals surface area contributed by atoms with E-state index in [1.54, 1.807) is 11.8 Å². The smallest absolute Gasteiger partial charge is 0.149 e. The summed E-state index contributed by atoms with van der Waals surface area (Å²) in [7, 11) is 0. The van der Waals surface area contributed by atoms with Crippen LogP contribution in [-0.2, 0) is 6.54 Å². The van der Waals surface area contributed by atoms with Gasteiger partial charge in [0.05, 0.1) is 5.60 Å². The largest absolute Gasteiger partial charge is 0.390 e. The number of aliphatic hydroxyl groups is 1. The van der Waals surface area contributed by atoms with Gasteiger partial charge in [0.15, 0.2) is 0 Å². The molecule has 1 saturated carbocycles. The van der Waals surface area contributed by atoms with Gasteiger partial charge < -0.3 is 15.3 Å². The number of benzene rings is 1. The molecule has 5 heteroatoms. The first-order valence-electron chi connectivity index (χ1n) is 7.63. The van der Waals surface area contributed by atoms with Crippen molar-refractivity contribution in [1.82, 2.24) is 5.32 Å². The summed E-state index contributed by atoms with van der Waals surface area (Å²) >= 11 is 0. The Labute approximate surface area is 124 Å². The van der Waals surface area contributed by atoms with E-state index in [4.69, 9.17) is 0 Å². The van der Waals surface area contributed by atoms with Gasteiger partial charge in [-0.2, -0.15) is 0 Å². The Hall–Kier alpha value is -1.20. The molecule has 1 aliphatic carbocycles. The van der Waals surface area contributed by atoms with Crippen molar-refractivity contribution in [3.05, 3.63) is 29.3 Å². The first-order valence-corrected chi connectivity index (χ1v) is 7.63. The first-order chi connectivity index (χ1) is 9.94. The number of hydrogen-bond acceptors (Lipinski definition) is 3. The Morgan fingerprint density at radius 2 is 1.81 bits per heavy atom. The van der Waals surface area contributed by atoms with Crippen molar-refractivity contribution in [2.75, 3.05) is 18.0 Å². The molecule has 0 bridgehead atoms. The van der Waals surface area contributed by atoms with E-state index in [2.05, 4.69) is 5.32 Å². The summed E-state index contributed by atoms with van der Waals surface area (Å²) in [5, 5.41) is 13.2. The third kappa shape index (κ3) is 3.52. The fourth-order valence-electron chi connectivity index (χ4n) is 2.78. The standard InChI is InChI=1S/C16H22F2N2O/c1-16(21)4-6-20(7-5-16)15-13(17)8-11(9-14(15)18)10-19-12-2-3-12/h8-9,12,19,21H,2-7,10H2,1H3. The number of hydrogen-bond donors (Lipinski definition) is 2. The van der Waals surface area contributed by atoms with Gasteiger partial charge in [0.25, 0.3) is 0 Å². The van der Waals surface area contributed by atoms with Crippen LogP contribution in [0.15, 0.2) is 12.1 Å². The fourth-order valence-corrected chi connectivity index (χ4v) is 2.78. The summed E-state index contributed by atoms with van der Waals surface area (Å²) in [4.78, 5) is 1.70. The molecule has 0 aromatic heterocycles. The van der Waals surface area contributed by atoms with Gasteiger partial charge in [0.1, 0.15) is 17.3 Å². The Morgan fingerprint density at radius 1 is 1.24 bits per heavy atom. The second kappa shape index (κ2) is 5.54. The molecular formula is C16H22F2N2O. The zero-order valence-corrected chi connectivity index (χ0v) is 12.3. The maximum atomic E-state index is 14.3. The van der Waals surface area contributed by atoms with E-state index in [0.717, 1.165) is 12.8 Å². The number of rotatable bonds is 4. The van der Waals surface area contributed by atoms with Crippen molar-refractivity contribution in [2.45, 2.75) is 50.8 Å². The highest BCUT2D eigenvalue weighted by atomic mass is 19.1. The minimum Gasteiger partial charge on any atom is -0.390 e. The number of piperidine rings is 1. The third-order valence-corrected chi connectivity index (χ3v) is 4.41. The lowest BCUT2D eigenvalue weighted by atomic mass is 9.93. The van der Waals surface area contributed by atoms with Crippen molar-refractivity contribution in [2.24, 2.45) is 0 Å². The molecule has 21 heavy (non-hydrogen) atoms. The molecule has 2 N–H and O–H groups in total. The molecule has 3 nitrogen and oxygen atoms in total. The molecule has 1 aromatic rings. The van der Waals surface area contributed by atoms with E-state index in [0.29, 0.717) is 44.1 Å². The highest BCUT2D eigenvalue weighted by molar-refractivity contribution is 5.51. The first kappa shape index (κ1) is 14.7. The SMILES string of the molecule is CC1(O)CCN(c2c(F)cc(CNC3CC3)cc2F)CC1. The molecule has 0 amide bonds. The second-order valence-electron chi connectivity index (χ2n) is 6.55. The van der Waals surface area contributed by atoms with Crippen LogP contribution in [0.25, 0.3) is 0 Å². The predicted molar refractivity (Wildman–Crippen MR) is 78.3 cm³/mol. The summed E-state index contributed by atoms with van der Waals surface area (Å²) in [6, 6.07) is 3.35. The minimum absolute atomic E-state index is 0.0423. The van der Waals surface area contributed by atoms with Gasteiger partial charge in [-0.25, -0.2) is 8.78 Å². The normalized spacial score (nSPS) is 21.6. The van der Waals surface area contributed by atoms with Crippen molar-refractivity contribution in [3.8, 4) is 0 Å². The van der Waals surface area contributed by atoms with Crippen LogP contribution in [-0.4, -0.2) is 29.8 Å². The average molecular weight is 296 g/mol. The summed E-state index contributed by atoms with van der Waals surface area (Å²) in [5.74, 6) is -1.02. The van der Waals surface area contributed by atoms with Crippen LogP contribution in [0.5, 0.6) is 0 Å². The third-order valence-electron chi connectivity index (χ3n) is 4.41. The van der Waals surface area contributed by atoms with E-state index >= 15 is 0 Å². The minimum atomic E-state index is -0.725. The van der Waals surface area contributed by atoms with Gasteiger partial charge in [-0.3, -0.25) is 0 Å². The number of anilines is 1. The van der Waals surface area contributed by atoms with Crippen molar-refractivity contribution in [3.63, 3.8) is 0 Å². The summed E-state index contributed by atoms with van der Waals surface area (Å²) in [5.41, 5.74) is -0.0391. The van der Waals surface area contributed by atoms with E-state index in [1.165, 1.54) is 12.1 Å². The van der Waals surface area contributed by atoms with Gasteiger partial charge in [0.2, 0.25) is 0 Å². The molecule has 0 unspecified atom stereocenters. The van der Waals surface area contributed by atoms with Gasteiger partial charge in [0, 0.05) is 25.7 Å². The number of nitrogens with one attached hydrogen (secondary N) is 1. The van der Waals surface area contributed by atoms with Crippen LogP contribution in [0.2, 0.25) is 0 Å². The molecule has 2 aliphatic rings. The van der Waals surface area contributed by atoms with Crippen LogP contribution < -0.4 is 10.2 Å². The molecular weight excluding hydrogens is 274 g/mol. The monoisotopic (exact) mass is 296 g/mol. The quantitative estimate of drug-likeness (QED) is 0.896. The summed E-state index contributed by atoms with van der Waals surface area (Å²) < 4.78 is 28.5. The van der Waals surface area contributed by atoms with Crippen LogP contribution in [0.1, 0.15) is 38.2 Å². The fraction of sp³-hybridized carbons (Fsp3) is 0.625. The van der Waals surface area contributed by atoms with Crippen LogP contribution in [0.3, 0.4) is 0 Å². The van der Waals surface area contributed by atoms with E-state index in [1.807, 2.05) is 0 Å². The molecule has 2 fully saturated rings. The zero-order chi connectivity index (χ0) is 15.0. The van der Waals surface area contributed by atoms with E-state index in [9.17, 15) is 13.9 Å². The molecule has 1 saturated heterocycles. The molecule has 116 valence electrons. The predicted octanol–water partition coefficient (Wildman–Crippen LogP) is 2.57. The summed E-state index contributed by atoms with van der Waals surface area (Å²) in [6.07, 6.45) is 3.35. The Bertz CT molecular complexity index is 496. The van der Waals surface area contributed by atoms with E-state index in [-0.39, 0.29) is 5.69 Å². The van der Waals surface area contributed by atoms with Crippen molar-refractivity contribution < 1.29 is 13.9 Å². The van der Waals surface area contributed by atoms with Gasteiger partial charge in [-0.1, -0.05) is 0 Å². The van der Waals surface area contributed by atoms with Crippen molar-refractivity contribution >= 4 is 5.69 Å². The molecule has 1 heterocycles. The topological polar surface area (TPSA) is 35.5 Å². The molecule has 0 radical (unpaired) electrons.